The molecule has 1 fully saturated rings. The number of rotatable bonds is 2. The van der Waals surface area contributed by atoms with Crippen LogP contribution in [0.5, 0.6) is 0 Å². The zero-order chi connectivity index (χ0) is 13.7. The van der Waals surface area contributed by atoms with E-state index in [1.54, 1.807) is 6.07 Å². The molecule has 0 radical (unpaired) electrons. The zero-order valence-corrected chi connectivity index (χ0v) is 12.4. The van der Waals surface area contributed by atoms with Crippen molar-refractivity contribution in [2.24, 2.45) is 16.7 Å². The van der Waals surface area contributed by atoms with Gasteiger partial charge in [0.2, 0.25) is 5.91 Å². The van der Waals surface area contributed by atoms with Gasteiger partial charge in [-0.25, -0.2) is 0 Å². The lowest BCUT2D eigenvalue weighted by Crippen LogP contribution is -2.17. The van der Waals surface area contributed by atoms with Crippen molar-refractivity contribution in [3.8, 4) is 0 Å². The SMILES string of the molecule is Cc1ccc(NC(=O)C2C(C)(C)C2(C)C)cc1Cl. The second-order valence-electron chi connectivity index (χ2n) is 6.33. The summed E-state index contributed by atoms with van der Waals surface area (Å²) < 4.78 is 0. The van der Waals surface area contributed by atoms with Crippen LogP contribution in [0.15, 0.2) is 18.2 Å². The lowest BCUT2D eigenvalue weighted by atomic mass is 10.0. The topological polar surface area (TPSA) is 29.1 Å². The fourth-order valence-electron chi connectivity index (χ4n) is 2.74. The summed E-state index contributed by atoms with van der Waals surface area (Å²) in [7, 11) is 0. The van der Waals surface area contributed by atoms with Gasteiger partial charge in [0, 0.05) is 16.6 Å². The molecule has 0 aromatic heterocycles. The number of hydrogen-bond acceptors (Lipinski definition) is 1. The third-order valence-electron chi connectivity index (χ3n) is 4.72. The normalized spacial score (nSPS) is 20.6. The summed E-state index contributed by atoms with van der Waals surface area (Å²) in [4.78, 5) is 12.2. The molecule has 98 valence electrons. The van der Waals surface area contributed by atoms with Gasteiger partial charge in [-0.05, 0) is 35.4 Å². The number of benzene rings is 1. The van der Waals surface area contributed by atoms with Crippen LogP contribution >= 0.6 is 11.6 Å². The Morgan fingerprint density at radius 2 is 1.78 bits per heavy atom. The van der Waals surface area contributed by atoms with E-state index in [-0.39, 0.29) is 22.7 Å². The predicted molar refractivity (Wildman–Crippen MR) is 75.9 cm³/mol. The highest BCUT2D eigenvalue weighted by Crippen LogP contribution is 2.68. The number of nitrogens with one attached hydrogen (secondary N) is 1. The van der Waals surface area contributed by atoms with Gasteiger partial charge in [0.1, 0.15) is 0 Å². The summed E-state index contributed by atoms with van der Waals surface area (Å²) in [6.45, 7) is 10.5. The Hall–Kier alpha value is -1.02. The van der Waals surface area contributed by atoms with Crippen molar-refractivity contribution >= 4 is 23.2 Å². The van der Waals surface area contributed by atoms with E-state index in [0.29, 0.717) is 5.02 Å². The van der Waals surface area contributed by atoms with Gasteiger partial charge in [0.15, 0.2) is 0 Å². The van der Waals surface area contributed by atoms with Crippen LogP contribution < -0.4 is 5.32 Å². The monoisotopic (exact) mass is 265 g/mol. The molecular formula is C15H20ClNO. The van der Waals surface area contributed by atoms with Crippen molar-refractivity contribution in [3.05, 3.63) is 28.8 Å². The van der Waals surface area contributed by atoms with Gasteiger partial charge < -0.3 is 5.32 Å². The molecule has 1 aliphatic rings. The van der Waals surface area contributed by atoms with E-state index in [1.165, 1.54) is 0 Å². The Morgan fingerprint density at radius 3 is 2.22 bits per heavy atom. The molecule has 1 aliphatic carbocycles. The molecule has 1 saturated carbocycles. The van der Waals surface area contributed by atoms with Gasteiger partial charge in [0.05, 0.1) is 0 Å². The molecule has 0 bridgehead atoms. The van der Waals surface area contributed by atoms with Crippen LogP contribution in [0.25, 0.3) is 0 Å². The minimum atomic E-state index is 0.0603. The van der Waals surface area contributed by atoms with Crippen molar-refractivity contribution < 1.29 is 4.79 Å². The number of halogens is 1. The molecule has 1 aromatic rings. The van der Waals surface area contributed by atoms with E-state index in [0.717, 1.165) is 11.3 Å². The molecule has 1 aromatic carbocycles. The fourth-order valence-corrected chi connectivity index (χ4v) is 2.92. The van der Waals surface area contributed by atoms with Crippen LogP contribution in [0.1, 0.15) is 33.3 Å². The Balaban J connectivity index is 2.12. The first-order chi connectivity index (χ1) is 8.18. The van der Waals surface area contributed by atoms with Crippen molar-refractivity contribution in [3.63, 3.8) is 0 Å². The quantitative estimate of drug-likeness (QED) is 0.850. The zero-order valence-electron chi connectivity index (χ0n) is 11.6. The summed E-state index contributed by atoms with van der Waals surface area (Å²) in [6, 6.07) is 5.61. The second kappa shape index (κ2) is 3.99. The molecule has 2 nitrogen and oxygen atoms in total. The summed E-state index contributed by atoms with van der Waals surface area (Å²) in [5.41, 5.74) is 1.91. The first-order valence-electron chi connectivity index (χ1n) is 6.25. The molecule has 2 rings (SSSR count). The van der Waals surface area contributed by atoms with Gasteiger partial charge >= 0.3 is 0 Å². The standard InChI is InChI=1S/C15H20ClNO/c1-9-6-7-10(8-11(9)16)17-13(18)12-14(2,3)15(12,4)5/h6-8,12H,1-5H3,(H,17,18). The Bertz CT molecular complexity index is 491. The van der Waals surface area contributed by atoms with E-state index >= 15 is 0 Å². The van der Waals surface area contributed by atoms with E-state index in [9.17, 15) is 4.79 Å². The maximum absolute atomic E-state index is 12.2. The van der Waals surface area contributed by atoms with E-state index < -0.39 is 0 Å². The van der Waals surface area contributed by atoms with Crippen LogP contribution in [-0.2, 0) is 4.79 Å². The van der Waals surface area contributed by atoms with Crippen molar-refractivity contribution in [1.82, 2.24) is 0 Å². The molecule has 0 aliphatic heterocycles. The molecule has 18 heavy (non-hydrogen) atoms. The largest absolute Gasteiger partial charge is 0.326 e. The molecule has 0 atom stereocenters. The number of carbonyl (C=O) groups excluding carboxylic acids is 1. The van der Waals surface area contributed by atoms with Crippen LogP contribution in [0.3, 0.4) is 0 Å². The highest BCUT2D eigenvalue weighted by molar-refractivity contribution is 6.31. The van der Waals surface area contributed by atoms with Crippen molar-refractivity contribution in [2.45, 2.75) is 34.6 Å². The first-order valence-corrected chi connectivity index (χ1v) is 6.63. The number of aryl methyl sites for hydroxylation is 1. The Kier molecular flexibility index (Phi) is 2.97. The number of hydrogen-bond donors (Lipinski definition) is 1. The summed E-state index contributed by atoms with van der Waals surface area (Å²) in [6.07, 6.45) is 0. The molecule has 3 heteroatoms. The Morgan fingerprint density at radius 1 is 1.22 bits per heavy atom. The third kappa shape index (κ3) is 1.93. The van der Waals surface area contributed by atoms with Crippen molar-refractivity contribution in [1.29, 1.82) is 0 Å². The molecular weight excluding hydrogens is 246 g/mol. The first kappa shape index (κ1) is 13.4. The number of carbonyl (C=O) groups is 1. The van der Waals surface area contributed by atoms with Gasteiger partial charge in [-0.3, -0.25) is 4.79 Å². The van der Waals surface area contributed by atoms with Gasteiger partial charge in [-0.1, -0.05) is 45.4 Å². The van der Waals surface area contributed by atoms with E-state index in [1.807, 2.05) is 19.1 Å². The molecule has 1 amide bonds. The second-order valence-corrected chi connectivity index (χ2v) is 6.74. The van der Waals surface area contributed by atoms with Crippen LogP contribution in [0.4, 0.5) is 5.69 Å². The molecule has 0 spiro atoms. The van der Waals surface area contributed by atoms with Crippen LogP contribution in [0.2, 0.25) is 5.02 Å². The third-order valence-corrected chi connectivity index (χ3v) is 5.13. The fraction of sp³-hybridized carbons (Fsp3) is 0.533. The molecule has 0 heterocycles. The average molecular weight is 266 g/mol. The lowest BCUT2D eigenvalue weighted by Gasteiger charge is -2.08. The minimum absolute atomic E-state index is 0.0603. The summed E-state index contributed by atoms with van der Waals surface area (Å²) in [5, 5.41) is 3.64. The average Bonchev–Trinajstić information content (AvgIpc) is 2.63. The Labute approximate surface area is 114 Å². The van der Waals surface area contributed by atoms with Gasteiger partial charge in [-0.2, -0.15) is 0 Å². The number of amides is 1. The van der Waals surface area contributed by atoms with Crippen LogP contribution in [0, 0.1) is 23.7 Å². The van der Waals surface area contributed by atoms with Gasteiger partial charge in [0.25, 0.3) is 0 Å². The summed E-state index contributed by atoms with van der Waals surface area (Å²) >= 11 is 6.05. The van der Waals surface area contributed by atoms with Gasteiger partial charge in [-0.15, -0.1) is 0 Å². The maximum atomic E-state index is 12.2. The predicted octanol–water partition coefficient (Wildman–Crippen LogP) is 4.27. The molecule has 0 saturated heterocycles. The number of anilines is 1. The smallest absolute Gasteiger partial charge is 0.228 e. The summed E-state index contributed by atoms with van der Waals surface area (Å²) in [5.74, 6) is 0.148. The highest BCUT2D eigenvalue weighted by Gasteiger charge is 2.68. The maximum Gasteiger partial charge on any atom is 0.228 e. The van der Waals surface area contributed by atoms with E-state index in [4.69, 9.17) is 11.6 Å². The molecule has 1 N–H and O–H groups in total. The van der Waals surface area contributed by atoms with E-state index in [2.05, 4.69) is 33.0 Å². The molecule has 0 unspecified atom stereocenters. The highest BCUT2D eigenvalue weighted by atomic mass is 35.5. The van der Waals surface area contributed by atoms with Crippen molar-refractivity contribution in [2.75, 3.05) is 5.32 Å². The minimum Gasteiger partial charge on any atom is -0.326 e. The van der Waals surface area contributed by atoms with Crippen LogP contribution in [-0.4, -0.2) is 5.91 Å². The lowest BCUT2D eigenvalue weighted by molar-refractivity contribution is -0.118.